The first-order valence-electron chi connectivity index (χ1n) is 6.63. The number of nitrogens with one attached hydrogen (secondary N) is 2. The summed E-state index contributed by atoms with van der Waals surface area (Å²) in [5.74, 6) is 0.271. The molecule has 6 heteroatoms. The van der Waals surface area contributed by atoms with E-state index in [1.54, 1.807) is 13.8 Å². The Morgan fingerprint density at radius 1 is 1.28 bits per heavy atom. The van der Waals surface area contributed by atoms with Crippen molar-refractivity contribution in [3.8, 4) is 0 Å². The van der Waals surface area contributed by atoms with Crippen LogP contribution < -0.4 is 10.6 Å². The zero-order chi connectivity index (χ0) is 13.6. The van der Waals surface area contributed by atoms with Crippen LogP contribution in [-0.4, -0.2) is 44.5 Å². The largest absolute Gasteiger partial charge is 0.353 e. The molecule has 0 aromatic carbocycles. The smallest absolute Gasteiger partial charge is 0.220 e. The Morgan fingerprint density at radius 2 is 1.94 bits per heavy atom. The maximum atomic E-state index is 11.5. The molecule has 18 heavy (non-hydrogen) atoms. The lowest BCUT2D eigenvalue weighted by Crippen LogP contribution is -2.29. The van der Waals surface area contributed by atoms with Crippen LogP contribution in [0.3, 0.4) is 0 Å². The number of amides is 1. The number of hydrogen-bond acceptors (Lipinski definition) is 4. The normalized spacial score (nSPS) is 15.9. The third kappa shape index (κ3) is 6.35. The summed E-state index contributed by atoms with van der Waals surface area (Å²) in [6, 6.07) is 0.418. The zero-order valence-electron chi connectivity index (χ0n) is 11.2. The van der Waals surface area contributed by atoms with E-state index in [1.165, 1.54) is 0 Å². The van der Waals surface area contributed by atoms with Crippen molar-refractivity contribution in [1.29, 1.82) is 0 Å². The van der Waals surface area contributed by atoms with Gasteiger partial charge >= 0.3 is 0 Å². The van der Waals surface area contributed by atoms with Gasteiger partial charge in [0.05, 0.1) is 11.0 Å². The summed E-state index contributed by atoms with van der Waals surface area (Å²) in [6.07, 6.45) is 3.48. The minimum atomic E-state index is -2.95. The Balaban J connectivity index is 1.96. The highest BCUT2D eigenvalue weighted by Gasteiger charge is 2.22. The summed E-state index contributed by atoms with van der Waals surface area (Å²) < 4.78 is 23.0. The van der Waals surface area contributed by atoms with Gasteiger partial charge in [-0.1, -0.05) is 0 Å². The van der Waals surface area contributed by atoms with Crippen LogP contribution in [0.1, 0.15) is 39.5 Å². The van der Waals surface area contributed by atoms with E-state index in [2.05, 4.69) is 10.6 Å². The van der Waals surface area contributed by atoms with Gasteiger partial charge in [-0.2, -0.15) is 0 Å². The average Bonchev–Trinajstić information content (AvgIpc) is 3.06. The maximum Gasteiger partial charge on any atom is 0.220 e. The fourth-order valence-corrected chi connectivity index (χ4v) is 2.38. The summed E-state index contributed by atoms with van der Waals surface area (Å²) in [7, 11) is -2.95. The molecule has 0 aliphatic heterocycles. The molecule has 1 aliphatic carbocycles. The van der Waals surface area contributed by atoms with Crippen molar-refractivity contribution >= 4 is 15.7 Å². The van der Waals surface area contributed by atoms with E-state index in [0.717, 1.165) is 19.3 Å². The van der Waals surface area contributed by atoms with E-state index < -0.39 is 9.84 Å². The van der Waals surface area contributed by atoms with E-state index in [1.807, 2.05) is 0 Å². The second-order valence-corrected chi connectivity index (χ2v) is 7.79. The molecule has 0 bridgehead atoms. The Bertz CT molecular complexity index is 362. The van der Waals surface area contributed by atoms with Crippen LogP contribution in [0.4, 0.5) is 0 Å². The standard InChI is InChI=1S/C12H24N2O3S/c1-10(2)18(16,17)9-8-13-7-3-4-12(15)14-11-5-6-11/h10-11,13H,3-9H2,1-2H3,(H,14,15). The van der Waals surface area contributed by atoms with E-state index >= 15 is 0 Å². The fourth-order valence-electron chi connectivity index (χ4n) is 1.48. The van der Waals surface area contributed by atoms with E-state index in [-0.39, 0.29) is 16.9 Å². The molecule has 0 heterocycles. The predicted molar refractivity (Wildman–Crippen MR) is 72.2 cm³/mol. The zero-order valence-corrected chi connectivity index (χ0v) is 12.1. The highest BCUT2D eigenvalue weighted by atomic mass is 32.2. The van der Waals surface area contributed by atoms with Gasteiger partial charge in [0.15, 0.2) is 9.84 Å². The van der Waals surface area contributed by atoms with Crippen molar-refractivity contribution in [2.45, 2.75) is 50.8 Å². The molecule has 0 unspecified atom stereocenters. The molecule has 106 valence electrons. The van der Waals surface area contributed by atoms with Gasteiger partial charge in [-0.25, -0.2) is 8.42 Å². The molecule has 1 amide bonds. The molecule has 5 nitrogen and oxygen atoms in total. The van der Waals surface area contributed by atoms with Crippen molar-refractivity contribution in [1.82, 2.24) is 10.6 Å². The number of carbonyl (C=O) groups excluding carboxylic acids is 1. The third-order valence-corrected chi connectivity index (χ3v) is 5.19. The molecule has 2 N–H and O–H groups in total. The van der Waals surface area contributed by atoms with Gasteiger partial charge in [-0.05, 0) is 39.7 Å². The predicted octanol–water partition coefficient (Wildman–Crippen LogP) is 0.458. The topological polar surface area (TPSA) is 75.3 Å². The number of sulfone groups is 1. The Morgan fingerprint density at radius 3 is 2.50 bits per heavy atom. The van der Waals surface area contributed by atoms with Gasteiger partial charge in [-0.15, -0.1) is 0 Å². The average molecular weight is 276 g/mol. The summed E-state index contributed by atoms with van der Waals surface area (Å²) in [4.78, 5) is 11.3. The van der Waals surface area contributed by atoms with Gasteiger partial charge in [0.1, 0.15) is 0 Å². The molecule has 0 radical (unpaired) electrons. The van der Waals surface area contributed by atoms with Crippen LogP contribution in [0.25, 0.3) is 0 Å². The molecule has 1 saturated carbocycles. The molecular weight excluding hydrogens is 252 g/mol. The molecular formula is C12H24N2O3S. The molecule has 0 saturated heterocycles. The number of hydrogen-bond donors (Lipinski definition) is 2. The SMILES string of the molecule is CC(C)S(=O)(=O)CCNCCCC(=O)NC1CC1. The summed E-state index contributed by atoms with van der Waals surface area (Å²) >= 11 is 0. The van der Waals surface area contributed by atoms with E-state index in [4.69, 9.17) is 0 Å². The first-order valence-corrected chi connectivity index (χ1v) is 8.35. The van der Waals surface area contributed by atoms with Crippen LogP contribution in [0.5, 0.6) is 0 Å². The lowest BCUT2D eigenvalue weighted by molar-refractivity contribution is -0.121. The van der Waals surface area contributed by atoms with Crippen LogP contribution in [0.2, 0.25) is 0 Å². The Kier molecular flexibility index (Phi) is 6.08. The summed E-state index contributed by atoms with van der Waals surface area (Å²) in [5, 5.41) is 5.67. The first-order chi connectivity index (χ1) is 8.42. The molecule has 0 aromatic heterocycles. The van der Waals surface area contributed by atoms with Crippen LogP contribution in [0.15, 0.2) is 0 Å². The van der Waals surface area contributed by atoms with Gasteiger partial charge in [-0.3, -0.25) is 4.79 Å². The molecule has 1 fully saturated rings. The molecule has 0 atom stereocenters. The first kappa shape index (κ1) is 15.4. The highest BCUT2D eigenvalue weighted by molar-refractivity contribution is 7.92. The fraction of sp³-hybridized carbons (Fsp3) is 0.917. The Hall–Kier alpha value is -0.620. The minimum absolute atomic E-state index is 0.106. The van der Waals surface area contributed by atoms with Gasteiger partial charge in [0.25, 0.3) is 0 Å². The monoisotopic (exact) mass is 276 g/mol. The lowest BCUT2D eigenvalue weighted by Gasteiger charge is -2.08. The summed E-state index contributed by atoms with van der Waals surface area (Å²) in [5.41, 5.74) is 0. The van der Waals surface area contributed by atoms with Gasteiger partial charge in [0.2, 0.25) is 5.91 Å². The van der Waals surface area contributed by atoms with Crippen molar-refractivity contribution in [3.63, 3.8) is 0 Å². The number of rotatable bonds is 9. The molecule has 1 aliphatic rings. The third-order valence-electron chi connectivity index (χ3n) is 2.98. The molecule has 0 spiro atoms. The van der Waals surface area contributed by atoms with Crippen molar-refractivity contribution in [2.75, 3.05) is 18.8 Å². The molecule has 1 rings (SSSR count). The van der Waals surface area contributed by atoms with Crippen molar-refractivity contribution < 1.29 is 13.2 Å². The van der Waals surface area contributed by atoms with Gasteiger partial charge < -0.3 is 10.6 Å². The van der Waals surface area contributed by atoms with Crippen LogP contribution in [-0.2, 0) is 14.6 Å². The van der Waals surface area contributed by atoms with Crippen molar-refractivity contribution in [3.05, 3.63) is 0 Å². The quantitative estimate of drug-likeness (QED) is 0.600. The van der Waals surface area contributed by atoms with E-state index in [0.29, 0.717) is 25.6 Å². The van der Waals surface area contributed by atoms with Crippen LogP contribution in [0, 0.1) is 0 Å². The van der Waals surface area contributed by atoms with E-state index in [9.17, 15) is 13.2 Å². The molecule has 0 aromatic rings. The Labute approximate surface area is 110 Å². The van der Waals surface area contributed by atoms with Crippen molar-refractivity contribution in [2.24, 2.45) is 0 Å². The lowest BCUT2D eigenvalue weighted by atomic mass is 10.3. The number of carbonyl (C=O) groups is 1. The summed E-state index contributed by atoms with van der Waals surface area (Å²) in [6.45, 7) is 4.53. The van der Waals surface area contributed by atoms with Crippen LogP contribution >= 0.6 is 0 Å². The second-order valence-electron chi connectivity index (χ2n) is 5.11. The minimum Gasteiger partial charge on any atom is -0.353 e. The van der Waals surface area contributed by atoms with Gasteiger partial charge in [0, 0.05) is 19.0 Å². The second kappa shape index (κ2) is 7.09. The maximum absolute atomic E-state index is 11.5. The highest BCUT2D eigenvalue weighted by Crippen LogP contribution is 2.18.